The van der Waals surface area contributed by atoms with Gasteiger partial charge in [0.2, 0.25) is 0 Å². The van der Waals surface area contributed by atoms with Gasteiger partial charge >= 0.3 is 0 Å². The Balaban J connectivity index is 1.83. The van der Waals surface area contributed by atoms with Crippen molar-refractivity contribution in [1.82, 2.24) is 4.90 Å². The van der Waals surface area contributed by atoms with Crippen LogP contribution < -0.4 is 9.47 Å². The average Bonchev–Trinajstić information content (AvgIpc) is 3.00. The van der Waals surface area contributed by atoms with Crippen molar-refractivity contribution in [2.75, 3.05) is 13.2 Å². The number of carbonyl (C=O) groups excluding carboxylic acids is 2. The highest BCUT2D eigenvalue weighted by molar-refractivity contribution is 14.1. The van der Waals surface area contributed by atoms with Gasteiger partial charge in [-0.1, -0.05) is 0 Å². The minimum Gasteiger partial charge on any atom is -0.490 e. The second kappa shape index (κ2) is 10.1. The molecule has 0 aromatic heterocycles. The summed E-state index contributed by atoms with van der Waals surface area (Å²) in [5, 5.41) is 10.5. The van der Waals surface area contributed by atoms with Crippen molar-refractivity contribution in [2.24, 2.45) is 0 Å². The lowest BCUT2D eigenvalue weighted by molar-refractivity contribution is -0.384. The number of amides is 2. The number of halogens is 1. The lowest BCUT2D eigenvalue weighted by Crippen LogP contribution is -2.27. The van der Waals surface area contributed by atoms with Gasteiger partial charge in [-0.3, -0.25) is 24.6 Å². The summed E-state index contributed by atoms with van der Waals surface area (Å²) in [6, 6.07) is 9.75. The van der Waals surface area contributed by atoms with Crippen molar-refractivity contribution in [1.29, 1.82) is 0 Å². The number of nitro benzene ring substituents is 1. The van der Waals surface area contributed by atoms with Gasteiger partial charge in [-0.25, -0.2) is 0 Å². The van der Waals surface area contributed by atoms with E-state index < -0.39 is 4.92 Å². The van der Waals surface area contributed by atoms with E-state index in [4.69, 9.17) is 9.47 Å². The molecule has 0 N–H and O–H groups in total. The molecule has 0 aliphatic carbocycles. The molecule has 1 heterocycles. The van der Waals surface area contributed by atoms with E-state index >= 15 is 0 Å². The highest BCUT2D eigenvalue weighted by Crippen LogP contribution is 2.37. The number of hydrogen-bond acceptors (Lipinski definition) is 7. The second-order valence-electron chi connectivity index (χ2n) is 6.40. The number of benzene rings is 2. The summed E-state index contributed by atoms with van der Waals surface area (Å²) in [6.45, 7) is 4.57. The van der Waals surface area contributed by atoms with Gasteiger partial charge in [0.1, 0.15) is 6.61 Å². The minimum absolute atomic E-state index is 0.0187. The predicted molar refractivity (Wildman–Crippen MR) is 126 cm³/mol. The van der Waals surface area contributed by atoms with E-state index in [0.717, 1.165) is 26.5 Å². The third kappa shape index (κ3) is 5.37. The molecule has 8 nitrogen and oxygen atoms in total. The third-order valence-corrected chi connectivity index (χ3v) is 6.06. The molecule has 31 heavy (non-hydrogen) atoms. The highest BCUT2D eigenvalue weighted by atomic mass is 127. The van der Waals surface area contributed by atoms with Crippen LogP contribution in [0.1, 0.15) is 25.0 Å². The number of likely N-dealkylation sites (N-methyl/N-ethyl adjacent to an activating group) is 1. The van der Waals surface area contributed by atoms with Crippen LogP contribution in [0, 0.1) is 13.7 Å². The first-order chi connectivity index (χ1) is 14.8. The number of non-ortho nitro benzene ring substituents is 1. The van der Waals surface area contributed by atoms with E-state index in [9.17, 15) is 19.7 Å². The summed E-state index contributed by atoms with van der Waals surface area (Å²) in [4.78, 5) is 36.2. The van der Waals surface area contributed by atoms with Gasteiger partial charge in [0.05, 0.1) is 20.0 Å². The maximum absolute atomic E-state index is 12.4. The van der Waals surface area contributed by atoms with Crippen LogP contribution in [0.25, 0.3) is 6.08 Å². The molecule has 1 aliphatic rings. The molecular formula is C21H19IN2O6S. The van der Waals surface area contributed by atoms with Gasteiger partial charge in [-0.2, -0.15) is 0 Å². The number of nitrogens with zero attached hydrogens (tertiary/aromatic N) is 2. The summed E-state index contributed by atoms with van der Waals surface area (Å²) < 4.78 is 12.5. The van der Waals surface area contributed by atoms with Crippen LogP contribution in [-0.2, 0) is 11.4 Å². The summed E-state index contributed by atoms with van der Waals surface area (Å²) >= 11 is 3.04. The van der Waals surface area contributed by atoms with Crippen molar-refractivity contribution in [3.05, 3.63) is 66.1 Å². The smallest absolute Gasteiger partial charge is 0.293 e. The molecule has 1 saturated heterocycles. The van der Waals surface area contributed by atoms with Crippen molar-refractivity contribution >= 4 is 57.3 Å². The predicted octanol–water partition coefficient (Wildman–Crippen LogP) is 5.23. The van der Waals surface area contributed by atoms with Crippen LogP contribution in [-0.4, -0.2) is 34.1 Å². The van der Waals surface area contributed by atoms with Gasteiger partial charge < -0.3 is 9.47 Å². The van der Waals surface area contributed by atoms with E-state index in [1.165, 1.54) is 17.0 Å². The molecule has 0 atom stereocenters. The molecule has 10 heteroatoms. The van der Waals surface area contributed by atoms with Crippen LogP contribution in [0.3, 0.4) is 0 Å². The van der Waals surface area contributed by atoms with Gasteiger partial charge in [0, 0.05) is 18.7 Å². The van der Waals surface area contributed by atoms with Gasteiger partial charge in [0.15, 0.2) is 11.5 Å². The molecule has 2 aromatic rings. The first-order valence-corrected chi connectivity index (χ1v) is 11.3. The fourth-order valence-corrected chi connectivity index (χ4v) is 4.55. The zero-order valence-electron chi connectivity index (χ0n) is 16.8. The fraction of sp³-hybridized carbons (Fsp3) is 0.238. The topological polar surface area (TPSA) is 99.0 Å². The Hall–Kier alpha value is -2.60. The Morgan fingerprint density at radius 1 is 1.16 bits per heavy atom. The molecule has 0 spiro atoms. The highest BCUT2D eigenvalue weighted by Gasteiger charge is 2.33. The van der Waals surface area contributed by atoms with Crippen molar-refractivity contribution in [2.45, 2.75) is 20.5 Å². The van der Waals surface area contributed by atoms with Gasteiger partial charge in [-0.05, 0) is 89.7 Å². The molecule has 1 fully saturated rings. The third-order valence-electron chi connectivity index (χ3n) is 4.35. The normalized spacial score (nSPS) is 14.9. The first-order valence-electron chi connectivity index (χ1n) is 9.41. The van der Waals surface area contributed by atoms with Crippen molar-refractivity contribution in [3.63, 3.8) is 0 Å². The van der Waals surface area contributed by atoms with Gasteiger partial charge in [-0.15, -0.1) is 0 Å². The Kier molecular flexibility index (Phi) is 7.55. The zero-order valence-corrected chi connectivity index (χ0v) is 19.8. The second-order valence-corrected chi connectivity index (χ2v) is 8.56. The van der Waals surface area contributed by atoms with Crippen molar-refractivity contribution in [3.8, 4) is 11.5 Å². The Labute approximate surface area is 196 Å². The van der Waals surface area contributed by atoms with Crippen LogP contribution in [0.5, 0.6) is 11.5 Å². The molecule has 0 saturated carbocycles. The molecular weight excluding hydrogens is 535 g/mol. The van der Waals surface area contributed by atoms with Crippen LogP contribution in [0.2, 0.25) is 0 Å². The zero-order chi connectivity index (χ0) is 22.5. The van der Waals surface area contributed by atoms with E-state index in [2.05, 4.69) is 22.6 Å². The Bertz CT molecular complexity index is 1050. The molecule has 0 radical (unpaired) electrons. The van der Waals surface area contributed by atoms with Crippen LogP contribution in [0.15, 0.2) is 41.3 Å². The minimum atomic E-state index is -0.450. The largest absolute Gasteiger partial charge is 0.490 e. The van der Waals surface area contributed by atoms with Gasteiger partial charge in [0.25, 0.3) is 16.8 Å². The van der Waals surface area contributed by atoms with Crippen LogP contribution in [0.4, 0.5) is 10.5 Å². The Morgan fingerprint density at radius 2 is 1.87 bits per heavy atom. The van der Waals surface area contributed by atoms with E-state index in [1.807, 2.05) is 13.0 Å². The average molecular weight is 554 g/mol. The molecule has 1 aliphatic heterocycles. The number of rotatable bonds is 8. The fourth-order valence-electron chi connectivity index (χ4n) is 2.87. The maximum Gasteiger partial charge on any atom is 0.293 e. The number of hydrogen-bond donors (Lipinski definition) is 0. The molecule has 0 unspecified atom stereocenters. The van der Waals surface area contributed by atoms with Crippen molar-refractivity contribution < 1.29 is 24.0 Å². The standard InChI is InChI=1S/C21H19IN2O6S/c1-3-23-20(25)18(31-21(23)26)11-14-9-16(22)19(17(10-14)29-4-2)30-12-13-5-7-15(8-6-13)24(27)28/h5-11H,3-4,12H2,1-2H3/b18-11+. The number of ether oxygens (including phenoxy) is 2. The monoisotopic (exact) mass is 554 g/mol. The quantitative estimate of drug-likeness (QED) is 0.191. The first kappa shape index (κ1) is 23.1. The number of thioether (sulfide) groups is 1. The van der Waals surface area contributed by atoms with E-state index in [-0.39, 0.29) is 23.4 Å². The maximum atomic E-state index is 12.4. The van der Waals surface area contributed by atoms with E-state index in [0.29, 0.717) is 29.6 Å². The molecule has 2 aromatic carbocycles. The number of imide groups is 1. The summed E-state index contributed by atoms with van der Waals surface area (Å²) in [7, 11) is 0. The summed E-state index contributed by atoms with van der Waals surface area (Å²) in [5.74, 6) is 0.751. The number of nitro groups is 1. The summed E-state index contributed by atoms with van der Waals surface area (Å²) in [6.07, 6.45) is 1.67. The molecule has 162 valence electrons. The summed E-state index contributed by atoms with van der Waals surface area (Å²) in [5.41, 5.74) is 1.52. The lowest BCUT2D eigenvalue weighted by Gasteiger charge is -2.15. The van der Waals surface area contributed by atoms with Crippen LogP contribution >= 0.6 is 34.4 Å². The molecule has 2 amide bonds. The molecule has 0 bridgehead atoms. The number of carbonyl (C=O) groups is 2. The molecule has 3 rings (SSSR count). The van der Waals surface area contributed by atoms with E-state index in [1.54, 1.807) is 31.2 Å². The SMILES string of the molecule is CCOc1cc(/C=C2/SC(=O)N(CC)C2=O)cc(I)c1OCc1ccc([N+](=O)[O-])cc1. The Morgan fingerprint density at radius 3 is 2.45 bits per heavy atom. The lowest BCUT2D eigenvalue weighted by atomic mass is 10.1.